The number of carboxylic acid groups (broad SMARTS) is 1. The molecule has 1 unspecified atom stereocenters. The molecular formula is C14H18FNO4. The van der Waals surface area contributed by atoms with Crippen LogP contribution in [0.3, 0.4) is 0 Å². The van der Waals surface area contributed by atoms with E-state index in [1.165, 1.54) is 37.1 Å². The van der Waals surface area contributed by atoms with Crippen molar-refractivity contribution in [3.63, 3.8) is 0 Å². The van der Waals surface area contributed by atoms with Gasteiger partial charge in [0.2, 0.25) is 0 Å². The largest absolute Gasteiger partial charge is 0.490 e. The molecule has 110 valence electrons. The van der Waals surface area contributed by atoms with Gasteiger partial charge in [0.05, 0.1) is 18.1 Å². The zero-order chi connectivity index (χ0) is 15.3. The lowest BCUT2D eigenvalue weighted by molar-refractivity contribution is -0.141. The van der Waals surface area contributed by atoms with Gasteiger partial charge in [-0.1, -0.05) is 13.0 Å². The molecule has 0 aliphatic heterocycles. The summed E-state index contributed by atoms with van der Waals surface area (Å²) in [6, 6.07) is 4.08. The topological polar surface area (TPSA) is 66.8 Å². The van der Waals surface area contributed by atoms with Gasteiger partial charge in [0.15, 0.2) is 11.6 Å². The van der Waals surface area contributed by atoms with Crippen LogP contribution in [0.15, 0.2) is 18.2 Å². The highest BCUT2D eigenvalue weighted by Crippen LogP contribution is 2.24. The summed E-state index contributed by atoms with van der Waals surface area (Å²) in [6.45, 7) is 3.46. The van der Waals surface area contributed by atoms with Gasteiger partial charge in [0, 0.05) is 13.6 Å². The normalized spacial score (nSPS) is 11.8. The van der Waals surface area contributed by atoms with Crippen LogP contribution in [0.25, 0.3) is 0 Å². The molecule has 0 radical (unpaired) electrons. The molecule has 1 atom stereocenters. The van der Waals surface area contributed by atoms with Gasteiger partial charge in [-0.25, -0.2) is 4.39 Å². The van der Waals surface area contributed by atoms with Crippen molar-refractivity contribution in [2.75, 3.05) is 20.2 Å². The maximum absolute atomic E-state index is 13.7. The number of carboxylic acids is 1. The summed E-state index contributed by atoms with van der Waals surface area (Å²) in [5.74, 6) is -2.88. The van der Waals surface area contributed by atoms with E-state index >= 15 is 0 Å². The van der Waals surface area contributed by atoms with Crippen molar-refractivity contribution < 1.29 is 23.8 Å². The molecule has 1 amide bonds. The molecule has 1 N–H and O–H groups in total. The number of aliphatic carboxylic acids is 1. The second-order valence-electron chi connectivity index (χ2n) is 4.47. The number of amides is 1. The van der Waals surface area contributed by atoms with Gasteiger partial charge in [-0.15, -0.1) is 0 Å². The van der Waals surface area contributed by atoms with E-state index in [0.717, 1.165) is 0 Å². The zero-order valence-electron chi connectivity index (χ0n) is 11.7. The Morgan fingerprint density at radius 3 is 2.65 bits per heavy atom. The van der Waals surface area contributed by atoms with Crippen molar-refractivity contribution in [2.45, 2.75) is 13.8 Å². The highest BCUT2D eigenvalue weighted by molar-refractivity contribution is 5.97. The molecule has 0 saturated heterocycles. The number of carbonyl (C=O) groups excluding carboxylic acids is 1. The second-order valence-corrected chi connectivity index (χ2v) is 4.47. The Morgan fingerprint density at radius 1 is 1.45 bits per heavy atom. The minimum atomic E-state index is -0.992. The van der Waals surface area contributed by atoms with Gasteiger partial charge >= 0.3 is 5.97 Å². The van der Waals surface area contributed by atoms with E-state index in [1.54, 1.807) is 6.92 Å². The van der Waals surface area contributed by atoms with Gasteiger partial charge in [0.25, 0.3) is 5.91 Å². The summed E-state index contributed by atoms with van der Waals surface area (Å²) >= 11 is 0. The number of hydrogen-bond donors (Lipinski definition) is 1. The number of ether oxygens (including phenoxy) is 1. The average molecular weight is 283 g/mol. The first-order valence-electron chi connectivity index (χ1n) is 6.28. The Hall–Kier alpha value is -2.11. The predicted molar refractivity (Wildman–Crippen MR) is 71.3 cm³/mol. The lowest BCUT2D eigenvalue weighted by Gasteiger charge is -2.21. The van der Waals surface area contributed by atoms with Gasteiger partial charge in [-0.3, -0.25) is 9.59 Å². The Bertz CT molecular complexity index is 504. The fraction of sp³-hybridized carbons (Fsp3) is 0.429. The molecule has 1 aromatic rings. The van der Waals surface area contributed by atoms with Crippen LogP contribution in [-0.2, 0) is 4.79 Å². The van der Waals surface area contributed by atoms with E-state index < -0.39 is 23.6 Å². The second kappa shape index (κ2) is 6.88. The number of carbonyl (C=O) groups is 2. The summed E-state index contributed by atoms with van der Waals surface area (Å²) in [7, 11) is 1.47. The number of hydrogen-bond acceptors (Lipinski definition) is 3. The molecule has 0 aliphatic carbocycles. The van der Waals surface area contributed by atoms with Gasteiger partial charge in [0.1, 0.15) is 0 Å². The molecule has 0 heterocycles. The van der Waals surface area contributed by atoms with Crippen LogP contribution in [0.2, 0.25) is 0 Å². The van der Waals surface area contributed by atoms with Crippen molar-refractivity contribution in [3.8, 4) is 5.75 Å². The summed E-state index contributed by atoms with van der Waals surface area (Å²) in [5.41, 5.74) is 0.0898. The zero-order valence-corrected chi connectivity index (χ0v) is 11.7. The molecule has 1 rings (SSSR count). The summed E-state index contributed by atoms with van der Waals surface area (Å²) in [4.78, 5) is 24.3. The molecule has 0 fully saturated rings. The number of nitrogens with zero attached hydrogens (tertiary/aromatic N) is 1. The maximum atomic E-state index is 13.7. The first-order valence-corrected chi connectivity index (χ1v) is 6.28. The third kappa shape index (κ3) is 3.69. The molecule has 0 bridgehead atoms. The lowest BCUT2D eigenvalue weighted by Crippen LogP contribution is -2.34. The van der Waals surface area contributed by atoms with Crippen LogP contribution in [-0.4, -0.2) is 42.1 Å². The first-order chi connectivity index (χ1) is 9.38. The molecule has 20 heavy (non-hydrogen) atoms. The monoisotopic (exact) mass is 283 g/mol. The third-order valence-corrected chi connectivity index (χ3v) is 2.80. The fourth-order valence-corrected chi connectivity index (χ4v) is 1.75. The third-order valence-electron chi connectivity index (χ3n) is 2.80. The highest BCUT2D eigenvalue weighted by atomic mass is 19.1. The van der Waals surface area contributed by atoms with E-state index in [0.29, 0.717) is 0 Å². The van der Waals surface area contributed by atoms with Crippen molar-refractivity contribution in [1.82, 2.24) is 4.90 Å². The van der Waals surface area contributed by atoms with E-state index in [9.17, 15) is 14.0 Å². The van der Waals surface area contributed by atoms with Crippen LogP contribution in [0, 0.1) is 11.7 Å². The Balaban J connectivity index is 2.97. The molecule has 1 aromatic carbocycles. The van der Waals surface area contributed by atoms with Crippen LogP contribution in [0.4, 0.5) is 4.39 Å². The van der Waals surface area contributed by atoms with E-state index in [1.807, 2.05) is 0 Å². The van der Waals surface area contributed by atoms with Crippen LogP contribution in [0.5, 0.6) is 5.75 Å². The van der Waals surface area contributed by atoms with E-state index in [4.69, 9.17) is 9.84 Å². The average Bonchev–Trinajstić information content (AvgIpc) is 2.40. The minimum absolute atomic E-state index is 0.0379. The number of rotatable bonds is 6. The summed E-state index contributed by atoms with van der Waals surface area (Å²) < 4.78 is 18.8. The molecule has 5 nitrogen and oxygen atoms in total. The maximum Gasteiger partial charge on any atom is 0.308 e. The minimum Gasteiger partial charge on any atom is -0.490 e. The Morgan fingerprint density at radius 2 is 2.10 bits per heavy atom. The van der Waals surface area contributed by atoms with Crippen molar-refractivity contribution in [3.05, 3.63) is 29.6 Å². The number of para-hydroxylation sites is 1. The molecular weight excluding hydrogens is 265 g/mol. The molecule has 0 spiro atoms. The predicted octanol–water partition coefficient (Wildman–Crippen LogP) is 2.02. The number of benzene rings is 1. The smallest absolute Gasteiger partial charge is 0.308 e. The summed E-state index contributed by atoms with van der Waals surface area (Å²) in [5, 5.41) is 8.84. The first kappa shape index (κ1) is 15.9. The van der Waals surface area contributed by atoms with Gasteiger partial charge < -0.3 is 14.7 Å². The van der Waals surface area contributed by atoms with Crippen molar-refractivity contribution in [2.24, 2.45) is 5.92 Å². The molecule has 0 aliphatic rings. The highest BCUT2D eigenvalue weighted by Gasteiger charge is 2.22. The molecule has 6 heteroatoms. The lowest BCUT2D eigenvalue weighted by atomic mass is 10.1. The van der Waals surface area contributed by atoms with Crippen molar-refractivity contribution in [1.29, 1.82) is 0 Å². The van der Waals surface area contributed by atoms with Crippen LogP contribution >= 0.6 is 0 Å². The number of halogens is 1. The van der Waals surface area contributed by atoms with Gasteiger partial charge in [-0.2, -0.15) is 0 Å². The summed E-state index contributed by atoms with van der Waals surface area (Å²) in [6.07, 6.45) is 0. The van der Waals surface area contributed by atoms with Crippen molar-refractivity contribution >= 4 is 11.9 Å². The quantitative estimate of drug-likeness (QED) is 0.867. The SMILES string of the molecule is CCOc1c(F)cccc1C(=O)N(C)CC(C)C(=O)O. The van der Waals surface area contributed by atoms with Crippen LogP contribution < -0.4 is 4.74 Å². The standard InChI is InChI=1S/C14H18FNO4/c1-4-20-12-10(6-5-7-11(12)15)13(17)16(3)8-9(2)14(18)19/h5-7,9H,4,8H2,1-3H3,(H,18,19). The molecule has 0 saturated carbocycles. The molecule has 0 aromatic heterocycles. The van der Waals surface area contributed by atoms with Crippen LogP contribution in [0.1, 0.15) is 24.2 Å². The fourth-order valence-electron chi connectivity index (χ4n) is 1.75. The van der Waals surface area contributed by atoms with Gasteiger partial charge in [-0.05, 0) is 19.1 Å². The Labute approximate surface area is 117 Å². The van der Waals surface area contributed by atoms with E-state index in [-0.39, 0.29) is 24.5 Å². The van der Waals surface area contributed by atoms with E-state index in [2.05, 4.69) is 0 Å². The Kier molecular flexibility index (Phi) is 5.49.